The van der Waals surface area contributed by atoms with Gasteiger partial charge in [-0.1, -0.05) is 12.1 Å². The minimum Gasteiger partial charge on any atom is -0.493 e. The van der Waals surface area contributed by atoms with Crippen LogP contribution >= 0.6 is 0 Å². The Labute approximate surface area is 146 Å². The lowest BCUT2D eigenvalue weighted by atomic mass is 9.81. The van der Waals surface area contributed by atoms with Crippen molar-refractivity contribution in [2.45, 2.75) is 12.3 Å². The third-order valence-electron chi connectivity index (χ3n) is 4.22. The van der Waals surface area contributed by atoms with Crippen LogP contribution in [0.2, 0.25) is 0 Å². The Kier molecular flexibility index (Phi) is 3.15. The van der Waals surface area contributed by atoms with E-state index in [2.05, 4.69) is 5.32 Å². The fourth-order valence-corrected chi connectivity index (χ4v) is 2.92. The molecule has 5 heteroatoms. The second kappa shape index (κ2) is 6.69. The van der Waals surface area contributed by atoms with Crippen LogP contribution in [-0.2, 0) is 0 Å². The molecule has 1 saturated heterocycles. The highest BCUT2D eigenvalue weighted by Crippen LogP contribution is 2.36. The summed E-state index contributed by atoms with van der Waals surface area (Å²) in [4.78, 5) is 0. The number of benzene rings is 2. The Morgan fingerprint density at radius 3 is 2.92 bits per heavy atom. The Bertz CT molecular complexity index is 863. The predicted molar refractivity (Wildman–Crippen MR) is 88.2 cm³/mol. The molecule has 1 fully saturated rings. The van der Waals surface area contributed by atoms with Crippen LogP contribution in [0.5, 0.6) is 17.2 Å². The molecular weight excluding hydrogens is 309 g/mol. The number of ether oxygens (including phenoxy) is 3. The van der Waals surface area contributed by atoms with Gasteiger partial charge in [0.15, 0.2) is 11.5 Å². The quantitative estimate of drug-likeness (QED) is 0.932. The van der Waals surface area contributed by atoms with Crippen LogP contribution in [0.25, 0.3) is 0 Å². The predicted octanol–water partition coefficient (Wildman–Crippen LogP) is 3.33. The fourth-order valence-electron chi connectivity index (χ4n) is 2.92. The van der Waals surface area contributed by atoms with Gasteiger partial charge in [0.25, 0.3) is 0 Å². The maximum Gasteiger partial charge on any atom is 0.231 e. The first-order chi connectivity index (χ1) is 13.2. The van der Waals surface area contributed by atoms with Gasteiger partial charge in [0.1, 0.15) is 11.6 Å². The highest BCUT2D eigenvalue weighted by molar-refractivity contribution is 5.46. The van der Waals surface area contributed by atoms with E-state index in [9.17, 15) is 4.39 Å². The molecule has 0 radical (unpaired) electrons. The molecule has 0 bridgehead atoms. The molecule has 0 aromatic heterocycles. The molecule has 2 aromatic carbocycles. The number of hydrogen-bond donors (Lipinski definition) is 1. The summed E-state index contributed by atoms with van der Waals surface area (Å²) in [5, 5.41) is 2.75. The second-order valence-corrected chi connectivity index (χ2v) is 5.76. The van der Waals surface area contributed by atoms with Crippen LogP contribution in [0, 0.1) is 11.7 Å². The first-order valence-corrected chi connectivity index (χ1v) is 7.83. The van der Waals surface area contributed by atoms with E-state index in [0.29, 0.717) is 22.8 Å². The summed E-state index contributed by atoms with van der Waals surface area (Å²) in [6, 6.07) is 10.6. The van der Waals surface area contributed by atoms with E-state index in [4.69, 9.17) is 19.7 Å². The van der Waals surface area contributed by atoms with E-state index < -0.39 is 30.7 Å². The molecule has 0 amide bonds. The number of rotatable bonds is 4. The Hall–Kier alpha value is -2.27. The van der Waals surface area contributed by atoms with Crippen molar-refractivity contribution in [3.05, 3.63) is 53.8 Å². The summed E-state index contributed by atoms with van der Waals surface area (Å²) in [7, 11) is 0. The Morgan fingerprint density at radius 2 is 2.04 bits per heavy atom. The molecule has 0 spiro atoms. The van der Waals surface area contributed by atoms with Crippen molar-refractivity contribution in [2.24, 2.45) is 5.92 Å². The fraction of sp³-hybridized carbons (Fsp3) is 0.368. The third-order valence-corrected chi connectivity index (χ3v) is 4.22. The van der Waals surface area contributed by atoms with Crippen LogP contribution in [0.3, 0.4) is 0 Å². The molecule has 2 atom stereocenters. The minimum atomic E-state index is -2.10. The highest BCUT2D eigenvalue weighted by Gasteiger charge is 2.27. The average Bonchev–Trinajstić information content (AvgIpc) is 3.08. The molecule has 0 aliphatic carbocycles. The summed E-state index contributed by atoms with van der Waals surface area (Å²) >= 11 is 0. The molecule has 2 aliphatic heterocycles. The normalized spacial score (nSPS) is 27.5. The smallest absolute Gasteiger partial charge is 0.231 e. The minimum absolute atomic E-state index is 0.0489. The monoisotopic (exact) mass is 333 g/mol. The zero-order chi connectivity index (χ0) is 19.9. The van der Waals surface area contributed by atoms with E-state index in [1.54, 1.807) is 30.3 Å². The standard InChI is InChI=1S/C19H20FNO3/c20-15-3-1-13(2-4-15)17-7-8-21-10-14(17)11-22-16-5-6-18-19(9-16)24-12-23-18/h1-6,9,14,17,21H,7-8,10-12H2/i8D2,11D2. The molecule has 2 aliphatic rings. The first kappa shape index (κ1) is 11.3. The maximum absolute atomic E-state index is 13.3. The zero-order valence-corrected chi connectivity index (χ0v) is 12.9. The van der Waals surface area contributed by atoms with Crippen molar-refractivity contribution in [1.82, 2.24) is 5.32 Å². The van der Waals surface area contributed by atoms with E-state index in [0.717, 1.165) is 0 Å². The van der Waals surface area contributed by atoms with Gasteiger partial charge in [-0.25, -0.2) is 4.39 Å². The highest BCUT2D eigenvalue weighted by atomic mass is 19.1. The molecule has 1 N–H and O–H groups in total. The van der Waals surface area contributed by atoms with Crippen LogP contribution in [0.15, 0.2) is 42.5 Å². The van der Waals surface area contributed by atoms with Gasteiger partial charge in [-0.2, -0.15) is 0 Å². The van der Waals surface area contributed by atoms with Crippen molar-refractivity contribution in [3.63, 3.8) is 0 Å². The first-order valence-electron chi connectivity index (χ1n) is 9.83. The average molecular weight is 333 g/mol. The van der Waals surface area contributed by atoms with Gasteiger partial charge < -0.3 is 19.5 Å². The topological polar surface area (TPSA) is 39.7 Å². The van der Waals surface area contributed by atoms with Crippen molar-refractivity contribution < 1.29 is 24.1 Å². The molecule has 2 heterocycles. The van der Waals surface area contributed by atoms with Gasteiger partial charge in [0.05, 0.1) is 9.30 Å². The molecule has 2 unspecified atom stereocenters. The molecule has 2 aromatic rings. The van der Waals surface area contributed by atoms with Crippen LogP contribution in [0.1, 0.15) is 23.4 Å². The zero-order valence-electron chi connectivity index (χ0n) is 16.9. The Morgan fingerprint density at radius 1 is 1.21 bits per heavy atom. The summed E-state index contributed by atoms with van der Waals surface area (Å²) in [5.74, 6) is -0.211. The van der Waals surface area contributed by atoms with Crippen molar-refractivity contribution in [3.8, 4) is 17.2 Å². The summed E-state index contributed by atoms with van der Waals surface area (Å²) in [5.41, 5.74) is 0.676. The van der Waals surface area contributed by atoms with Crippen molar-refractivity contribution in [1.29, 1.82) is 0 Å². The molecule has 4 nitrogen and oxygen atoms in total. The second-order valence-electron chi connectivity index (χ2n) is 5.76. The lowest BCUT2D eigenvalue weighted by molar-refractivity contribution is 0.173. The van der Waals surface area contributed by atoms with Gasteiger partial charge in [0, 0.05) is 21.3 Å². The molecule has 0 saturated carbocycles. The number of halogens is 1. The third kappa shape index (κ3) is 3.17. The van der Waals surface area contributed by atoms with Gasteiger partial charge in [-0.05, 0) is 48.7 Å². The number of nitrogens with one attached hydrogen (secondary N) is 1. The van der Waals surface area contributed by atoms with Crippen molar-refractivity contribution >= 4 is 0 Å². The molecule has 24 heavy (non-hydrogen) atoms. The number of hydrogen-bond acceptors (Lipinski definition) is 4. The Balaban J connectivity index is 1.60. The van der Waals surface area contributed by atoms with Gasteiger partial charge in [-0.3, -0.25) is 0 Å². The molecular formula is C19H20FNO3. The molecule has 126 valence electrons. The number of piperidine rings is 1. The van der Waals surface area contributed by atoms with E-state index in [1.807, 2.05) is 0 Å². The summed E-state index contributed by atoms with van der Waals surface area (Å²) in [6.45, 7) is -3.56. The lowest BCUT2D eigenvalue weighted by Gasteiger charge is -2.32. The SMILES string of the molecule is [2H]C1([2H])CC(c2ccc(F)cc2)C(C([2H])([2H])Oc2ccc3c(c2)OCO3)CN1. The largest absolute Gasteiger partial charge is 0.493 e. The van der Waals surface area contributed by atoms with Crippen molar-refractivity contribution in [2.75, 3.05) is 26.4 Å². The van der Waals surface area contributed by atoms with E-state index in [-0.39, 0.29) is 19.8 Å². The maximum atomic E-state index is 13.3. The number of fused-ring (bicyclic) bond motifs is 1. The molecule has 4 rings (SSSR count). The van der Waals surface area contributed by atoms with Crippen LogP contribution in [-0.4, -0.2) is 26.4 Å². The van der Waals surface area contributed by atoms with E-state index in [1.165, 1.54) is 12.1 Å². The summed E-state index contributed by atoms with van der Waals surface area (Å²) in [6.07, 6.45) is 0.0489. The van der Waals surface area contributed by atoms with Gasteiger partial charge >= 0.3 is 0 Å². The van der Waals surface area contributed by atoms with Crippen LogP contribution < -0.4 is 19.5 Å². The summed E-state index contributed by atoms with van der Waals surface area (Å²) < 4.78 is 62.7. The van der Waals surface area contributed by atoms with Crippen LogP contribution in [0.4, 0.5) is 4.39 Å². The lowest BCUT2D eigenvalue weighted by Crippen LogP contribution is -2.38. The van der Waals surface area contributed by atoms with Gasteiger partial charge in [0.2, 0.25) is 6.79 Å². The van der Waals surface area contributed by atoms with Gasteiger partial charge in [-0.15, -0.1) is 0 Å². The van der Waals surface area contributed by atoms with E-state index >= 15 is 0 Å².